The lowest BCUT2D eigenvalue weighted by atomic mass is 9.98. The summed E-state index contributed by atoms with van der Waals surface area (Å²) < 4.78 is 10.7. The van der Waals surface area contributed by atoms with Gasteiger partial charge in [0.2, 0.25) is 23.6 Å². The summed E-state index contributed by atoms with van der Waals surface area (Å²) in [5.74, 6) is -0.131. The Labute approximate surface area is 187 Å². The minimum absolute atomic E-state index is 0.0349. The van der Waals surface area contributed by atoms with Crippen LogP contribution in [0.2, 0.25) is 0 Å². The summed E-state index contributed by atoms with van der Waals surface area (Å²) in [6.45, 7) is 4.98. The molecule has 1 atom stereocenters. The third kappa shape index (κ3) is 6.15. The van der Waals surface area contributed by atoms with Crippen LogP contribution in [0.4, 0.5) is 0 Å². The lowest BCUT2D eigenvalue weighted by Crippen LogP contribution is -2.47. The first kappa shape index (κ1) is 23.4. The van der Waals surface area contributed by atoms with Crippen LogP contribution < -0.4 is 0 Å². The van der Waals surface area contributed by atoms with Gasteiger partial charge >= 0.3 is 5.97 Å². The fourth-order valence-electron chi connectivity index (χ4n) is 3.62. The summed E-state index contributed by atoms with van der Waals surface area (Å²) in [7, 11) is 1.60. The molecule has 0 bridgehead atoms. The SMILES string of the molecule is CCOC(=O)C1CCCN(C(=O)CN(C)C(=O)CCc2nnc(-c3ccc(C)cc3)o2)C1. The first-order valence-electron chi connectivity index (χ1n) is 10.9. The second kappa shape index (κ2) is 10.9. The zero-order chi connectivity index (χ0) is 23.1. The van der Waals surface area contributed by atoms with E-state index in [-0.39, 0.29) is 36.7 Å². The quantitative estimate of drug-likeness (QED) is 0.577. The highest BCUT2D eigenvalue weighted by Crippen LogP contribution is 2.20. The number of carbonyl (C=O) groups is 3. The molecule has 9 nitrogen and oxygen atoms in total. The highest BCUT2D eigenvalue weighted by Gasteiger charge is 2.30. The number of amides is 2. The Morgan fingerprint density at radius 2 is 1.97 bits per heavy atom. The Morgan fingerprint density at radius 1 is 1.22 bits per heavy atom. The molecule has 32 heavy (non-hydrogen) atoms. The maximum atomic E-state index is 12.6. The molecule has 0 radical (unpaired) electrons. The monoisotopic (exact) mass is 442 g/mol. The van der Waals surface area contributed by atoms with Crippen LogP contribution in [0.25, 0.3) is 11.5 Å². The molecule has 2 amide bonds. The number of likely N-dealkylation sites (N-methyl/N-ethyl adjacent to an activating group) is 1. The number of likely N-dealkylation sites (tertiary alicyclic amines) is 1. The van der Waals surface area contributed by atoms with Crippen LogP contribution in [0, 0.1) is 12.8 Å². The van der Waals surface area contributed by atoms with Gasteiger partial charge < -0.3 is 19.0 Å². The molecule has 1 saturated heterocycles. The van der Waals surface area contributed by atoms with E-state index < -0.39 is 0 Å². The molecular formula is C23H30N4O5. The van der Waals surface area contributed by atoms with E-state index in [0.29, 0.717) is 44.3 Å². The van der Waals surface area contributed by atoms with Crippen LogP contribution in [0.1, 0.15) is 37.6 Å². The van der Waals surface area contributed by atoms with Crippen molar-refractivity contribution < 1.29 is 23.5 Å². The normalized spacial score (nSPS) is 16.0. The Morgan fingerprint density at radius 3 is 2.69 bits per heavy atom. The highest BCUT2D eigenvalue weighted by atomic mass is 16.5. The van der Waals surface area contributed by atoms with Crippen molar-refractivity contribution in [1.82, 2.24) is 20.0 Å². The van der Waals surface area contributed by atoms with Crippen molar-refractivity contribution in [3.8, 4) is 11.5 Å². The maximum Gasteiger partial charge on any atom is 0.310 e. The van der Waals surface area contributed by atoms with E-state index >= 15 is 0 Å². The van der Waals surface area contributed by atoms with Gasteiger partial charge in [-0.15, -0.1) is 10.2 Å². The lowest BCUT2D eigenvalue weighted by molar-refractivity contribution is -0.152. The van der Waals surface area contributed by atoms with E-state index in [4.69, 9.17) is 9.15 Å². The van der Waals surface area contributed by atoms with Gasteiger partial charge in [0.25, 0.3) is 0 Å². The highest BCUT2D eigenvalue weighted by molar-refractivity contribution is 5.85. The van der Waals surface area contributed by atoms with Crippen molar-refractivity contribution in [3.63, 3.8) is 0 Å². The topological polar surface area (TPSA) is 106 Å². The van der Waals surface area contributed by atoms with E-state index in [9.17, 15) is 14.4 Å². The van der Waals surface area contributed by atoms with Gasteiger partial charge in [-0.25, -0.2) is 0 Å². The summed E-state index contributed by atoms with van der Waals surface area (Å²) in [5.41, 5.74) is 1.96. The van der Waals surface area contributed by atoms with E-state index in [1.165, 1.54) is 4.90 Å². The Balaban J connectivity index is 1.47. The maximum absolute atomic E-state index is 12.6. The first-order valence-corrected chi connectivity index (χ1v) is 10.9. The second-order valence-electron chi connectivity index (χ2n) is 8.05. The lowest BCUT2D eigenvalue weighted by Gasteiger charge is -2.32. The number of hydrogen-bond donors (Lipinski definition) is 0. The summed E-state index contributed by atoms with van der Waals surface area (Å²) in [4.78, 5) is 40.1. The number of rotatable bonds is 8. The second-order valence-corrected chi connectivity index (χ2v) is 8.05. The first-order chi connectivity index (χ1) is 15.4. The molecule has 3 rings (SSSR count). The van der Waals surface area contributed by atoms with Gasteiger partial charge in [-0.3, -0.25) is 14.4 Å². The molecule has 1 aromatic carbocycles. The minimum atomic E-state index is -0.297. The van der Waals surface area contributed by atoms with Crippen molar-refractivity contribution in [3.05, 3.63) is 35.7 Å². The number of aromatic nitrogens is 2. The van der Waals surface area contributed by atoms with Crippen molar-refractivity contribution in [2.45, 2.75) is 39.5 Å². The van der Waals surface area contributed by atoms with Gasteiger partial charge in [-0.05, 0) is 38.8 Å². The zero-order valence-corrected chi connectivity index (χ0v) is 18.9. The Bertz CT molecular complexity index is 940. The predicted octanol–water partition coefficient (Wildman–Crippen LogP) is 2.24. The smallest absolute Gasteiger partial charge is 0.310 e. The minimum Gasteiger partial charge on any atom is -0.466 e. The number of esters is 1. The van der Waals surface area contributed by atoms with Crippen molar-refractivity contribution in [2.75, 3.05) is 33.3 Å². The summed E-state index contributed by atoms with van der Waals surface area (Å²) in [5, 5.41) is 8.06. The van der Waals surface area contributed by atoms with E-state index in [0.717, 1.165) is 17.5 Å². The Hall–Kier alpha value is -3.23. The number of benzene rings is 1. The summed E-state index contributed by atoms with van der Waals surface area (Å²) in [6, 6.07) is 7.74. The average Bonchev–Trinajstić information content (AvgIpc) is 3.27. The molecular weight excluding hydrogens is 412 g/mol. The van der Waals surface area contributed by atoms with Crippen LogP contribution in [-0.2, 0) is 25.5 Å². The standard InChI is InChI=1S/C23H30N4O5/c1-4-31-23(30)18-6-5-13-27(14-18)21(29)15-26(3)20(28)12-11-19-24-25-22(32-19)17-9-7-16(2)8-10-17/h7-10,18H,4-6,11-15H2,1-3H3. The van der Waals surface area contributed by atoms with Gasteiger partial charge in [0.1, 0.15) is 0 Å². The van der Waals surface area contributed by atoms with Crippen LogP contribution in [0.15, 0.2) is 28.7 Å². The van der Waals surface area contributed by atoms with Crippen LogP contribution in [0.3, 0.4) is 0 Å². The molecule has 1 unspecified atom stereocenters. The zero-order valence-electron chi connectivity index (χ0n) is 18.9. The molecule has 1 fully saturated rings. The van der Waals surface area contributed by atoms with Gasteiger partial charge in [0.05, 0.1) is 19.1 Å². The molecule has 1 aliphatic rings. The van der Waals surface area contributed by atoms with Crippen molar-refractivity contribution in [2.24, 2.45) is 5.92 Å². The number of carbonyl (C=O) groups excluding carboxylic acids is 3. The summed E-state index contributed by atoms with van der Waals surface area (Å²) >= 11 is 0. The third-order valence-electron chi connectivity index (χ3n) is 5.51. The van der Waals surface area contributed by atoms with E-state index in [1.54, 1.807) is 18.9 Å². The van der Waals surface area contributed by atoms with Gasteiger partial charge in [0.15, 0.2) is 0 Å². The Kier molecular flexibility index (Phi) is 7.97. The molecule has 172 valence electrons. The van der Waals surface area contributed by atoms with Gasteiger partial charge in [-0.2, -0.15) is 0 Å². The van der Waals surface area contributed by atoms with Crippen molar-refractivity contribution in [1.29, 1.82) is 0 Å². The molecule has 0 aliphatic carbocycles. The summed E-state index contributed by atoms with van der Waals surface area (Å²) in [6.07, 6.45) is 1.91. The number of ether oxygens (including phenoxy) is 1. The number of aryl methyl sites for hydroxylation is 2. The fraction of sp³-hybridized carbons (Fsp3) is 0.522. The van der Waals surface area contributed by atoms with Crippen molar-refractivity contribution >= 4 is 17.8 Å². The van der Waals surface area contributed by atoms with Gasteiger partial charge in [0, 0.05) is 38.5 Å². The predicted molar refractivity (Wildman–Crippen MR) is 116 cm³/mol. The van der Waals surface area contributed by atoms with E-state index in [1.807, 2.05) is 31.2 Å². The fourth-order valence-corrected chi connectivity index (χ4v) is 3.62. The molecule has 2 aromatic rings. The van der Waals surface area contributed by atoms with E-state index in [2.05, 4.69) is 10.2 Å². The largest absolute Gasteiger partial charge is 0.466 e. The molecule has 1 aliphatic heterocycles. The molecule has 2 heterocycles. The van der Waals surface area contributed by atoms with Crippen LogP contribution >= 0.6 is 0 Å². The van der Waals surface area contributed by atoms with Crippen LogP contribution in [0.5, 0.6) is 0 Å². The number of piperidine rings is 1. The average molecular weight is 443 g/mol. The third-order valence-corrected chi connectivity index (χ3v) is 5.51. The van der Waals surface area contributed by atoms with Gasteiger partial charge in [-0.1, -0.05) is 17.7 Å². The number of hydrogen-bond acceptors (Lipinski definition) is 7. The molecule has 0 saturated carbocycles. The number of nitrogens with zero attached hydrogens (tertiary/aromatic N) is 4. The molecule has 1 aromatic heterocycles. The molecule has 0 N–H and O–H groups in total. The van der Waals surface area contributed by atoms with Crippen LogP contribution in [-0.4, -0.2) is 71.1 Å². The molecule has 9 heteroatoms. The molecule has 0 spiro atoms.